The number of anilines is 1. The molecule has 0 radical (unpaired) electrons. The molecule has 5 heteroatoms. The Morgan fingerprint density at radius 2 is 2.06 bits per heavy atom. The first kappa shape index (κ1) is 11.7. The normalized spacial score (nSPS) is 23.9. The maximum atomic E-state index is 11.5. The minimum Gasteiger partial charge on any atom is -0.380 e. The Morgan fingerprint density at radius 1 is 1.31 bits per heavy atom. The number of nitrogens with one attached hydrogen (secondary N) is 1. The molecule has 16 heavy (non-hydrogen) atoms. The average Bonchev–Trinajstić information content (AvgIpc) is 2.20. The summed E-state index contributed by atoms with van der Waals surface area (Å²) in [5.41, 5.74) is 0.811. The van der Waals surface area contributed by atoms with Crippen LogP contribution in [-0.4, -0.2) is 26.0 Å². The second-order valence-corrected chi connectivity index (χ2v) is 6.71. The molecule has 2 rings (SSSR count). The molecule has 1 N–H and O–H groups in total. The van der Waals surface area contributed by atoms with Gasteiger partial charge in [-0.15, -0.1) is 0 Å². The van der Waals surface area contributed by atoms with Crippen molar-refractivity contribution in [1.82, 2.24) is 0 Å². The molecule has 1 atom stereocenters. The monoisotopic (exact) mass is 259 g/mol. The molecule has 1 aliphatic rings. The van der Waals surface area contributed by atoms with Crippen LogP contribution in [0.25, 0.3) is 0 Å². The number of rotatable bonds is 2. The van der Waals surface area contributed by atoms with E-state index in [-0.39, 0.29) is 11.8 Å². The summed E-state index contributed by atoms with van der Waals surface area (Å²) in [6.45, 7) is 0. The van der Waals surface area contributed by atoms with Gasteiger partial charge in [0.25, 0.3) is 0 Å². The molecule has 1 aromatic rings. The second-order valence-electron chi connectivity index (χ2n) is 4.08. The molecule has 1 heterocycles. The number of hydrogen-bond donors (Lipinski definition) is 1. The zero-order valence-corrected chi connectivity index (χ0v) is 10.4. The van der Waals surface area contributed by atoms with Crippen molar-refractivity contribution in [2.45, 2.75) is 18.9 Å². The summed E-state index contributed by atoms with van der Waals surface area (Å²) in [6, 6.07) is 7.38. The first-order valence-electron chi connectivity index (χ1n) is 5.28. The van der Waals surface area contributed by atoms with Gasteiger partial charge in [-0.1, -0.05) is 23.7 Å². The first-order chi connectivity index (χ1) is 7.57. The van der Waals surface area contributed by atoms with Crippen molar-refractivity contribution in [2.24, 2.45) is 0 Å². The molecule has 0 aromatic heterocycles. The second kappa shape index (κ2) is 4.63. The Balaban J connectivity index is 2.08. The van der Waals surface area contributed by atoms with Crippen LogP contribution in [0.15, 0.2) is 24.3 Å². The van der Waals surface area contributed by atoms with Gasteiger partial charge in [-0.25, -0.2) is 8.42 Å². The molecular formula is C11H14ClNO2S. The topological polar surface area (TPSA) is 46.2 Å². The molecule has 88 valence electrons. The van der Waals surface area contributed by atoms with Crippen molar-refractivity contribution < 1.29 is 8.42 Å². The van der Waals surface area contributed by atoms with E-state index in [0.29, 0.717) is 10.8 Å². The molecule has 1 fully saturated rings. The van der Waals surface area contributed by atoms with Gasteiger partial charge >= 0.3 is 0 Å². The molecule has 1 saturated heterocycles. The van der Waals surface area contributed by atoms with E-state index in [1.165, 1.54) is 0 Å². The molecule has 0 aliphatic carbocycles. The predicted octanol–water partition coefficient (Wildman–Crippen LogP) is 2.33. The largest absolute Gasteiger partial charge is 0.380 e. The van der Waals surface area contributed by atoms with E-state index in [0.717, 1.165) is 18.5 Å². The van der Waals surface area contributed by atoms with Crippen LogP contribution in [0.4, 0.5) is 5.69 Å². The van der Waals surface area contributed by atoms with Gasteiger partial charge in [0.05, 0.1) is 22.2 Å². The van der Waals surface area contributed by atoms with Crippen molar-refractivity contribution in [3.8, 4) is 0 Å². The van der Waals surface area contributed by atoms with Gasteiger partial charge in [-0.05, 0) is 25.0 Å². The van der Waals surface area contributed by atoms with E-state index in [9.17, 15) is 8.42 Å². The molecule has 0 bridgehead atoms. The van der Waals surface area contributed by atoms with Crippen LogP contribution in [0.5, 0.6) is 0 Å². The molecule has 0 amide bonds. The summed E-state index contributed by atoms with van der Waals surface area (Å²) >= 11 is 6.00. The molecule has 1 aromatic carbocycles. The van der Waals surface area contributed by atoms with Gasteiger partial charge in [-0.3, -0.25) is 0 Å². The average molecular weight is 260 g/mol. The molecule has 0 spiro atoms. The van der Waals surface area contributed by atoms with Gasteiger partial charge in [-0.2, -0.15) is 0 Å². The Hall–Kier alpha value is -0.740. The number of halogens is 1. The van der Waals surface area contributed by atoms with E-state index >= 15 is 0 Å². The van der Waals surface area contributed by atoms with E-state index in [2.05, 4.69) is 5.32 Å². The Kier molecular flexibility index (Phi) is 3.40. The highest BCUT2D eigenvalue weighted by Gasteiger charge is 2.24. The van der Waals surface area contributed by atoms with Crippen LogP contribution < -0.4 is 5.32 Å². The number of sulfone groups is 1. The van der Waals surface area contributed by atoms with Crippen molar-refractivity contribution >= 4 is 27.1 Å². The molecule has 0 saturated carbocycles. The van der Waals surface area contributed by atoms with Gasteiger partial charge < -0.3 is 5.32 Å². The zero-order valence-electron chi connectivity index (χ0n) is 8.82. The highest BCUT2D eigenvalue weighted by molar-refractivity contribution is 7.91. The van der Waals surface area contributed by atoms with E-state index < -0.39 is 9.84 Å². The third kappa shape index (κ3) is 2.89. The summed E-state index contributed by atoms with van der Waals surface area (Å²) in [5, 5.41) is 3.82. The first-order valence-corrected chi connectivity index (χ1v) is 7.48. The van der Waals surface area contributed by atoms with Crippen LogP contribution in [0, 0.1) is 0 Å². The minimum absolute atomic E-state index is 0.0151. The fraction of sp³-hybridized carbons (Fsp3) is 0.455. The molecule has 1 aliphatic heterocycles. The highest BCUT2D eigenvalue weighted by atomic mass is 35.5. The third-order valence-electron chi connectivity index (χ3n) is 2.70. The zero-order chi connectivity index (χ0) is 11.6. The molecule has 3 nitrogen and oxygen atoms in total. The quantitative estimate of drug-likeness (QED) is 0.887. The summed E-state index contributed by atoms with van der Waals surface area (Å²) in [7, 11) is -2.87. The lowest BCUT2D eigenvalue weighted by molar-refractivity contribution is 0.562. The minimum atomic E-state index is -2.87. The van der Waals surface area contributed by atoms with Crippen LogP contribution in [0.2, 0.25) is 5.02 Å². The van der Waals surface area contributed by atoms with E-state index in [1.54, 1.807) is 6.07 Å². The fourth-order valence-corrected chi connectivity index (χ4v) is 3.76. The van der Waals surface area contributed by atoms with Gasteiger partial charge in [0.15, 0.2) is 9.84 Å². The van der Waals surface area contributed by atoms with Gasteiger partial charge in [0.1, 0.15) is 0 Å². The van der Waals surface area contributed by atoms with E-state index in [4.69, 9.17) is 11.6 Å². The SMILES string of the molecule is O=S1(=O)CCCC(Nc2ccccc2Cl)C1. The van der Waals surface area contributed by atoms with Crippen LogP contribution in [0.1, 0.15) is 12.8 Å². The number of benzene rings is 1. The lowest BCUT2D eigenvalue weighted by Gasteiger charge is -2.24. The maximum Gasteiger partial charge on any atom is 0.152 e. The third-order valence-corrected chi connectivity index (χ3v) is 4.85. The summed E-state index contributed by atoms with van der Waals surface area (Å²) in [6.07, 6.45) is 1.61. The molecular weight excluding hydrogens is 246 g/mol. The van der Waals surface area contributed by atoms with Crippen LogP contribution in [-0.2, 0) is 9.84 Å². The lowest BCUT2D eigenvalue weighted by Crippen LogP contribution is -2.34. The predicted molar refractivity (Wildman–Crippen MR) is 66.8 cm³/mol. The Labute approximate surface area is 101 Å². The van der Waals surface area contributed by atoms with Gasteiger partial charge in [0.2, 0.25) is 0 Å². The van der Waals surface area contributed by atoms with E-state index in [1.807, 2.05) is 18.2 Å². The Morgan fingerprint density at radius 3 is 2.75 bits per heavy atom. The summed E-state index contributed by atoms with van der Waals surface area (Å²) in [4.78, 5) is 0. The smallest absolute Gasteiger partial charge is 0.152 e. The maximum absolute atomic E-state index is 11.5. The van der Waals surface area contributed by atoms with Crippen LogP contribution in [0.3, 0.4) is 0 Å². The summed E-state index contributed by atoms with van der Waals surface area (Å²) in [5.74, 6) is 0.520. The summed E-state index contributed by atoms with van der Waals surface area (Å²) < 4.78 is 22.9. The van der Waals surface area contributed by atoms with Crippen molar-refractivity contribution in [3.63, 3.8) is 0 Å². The van der Waals surface area contributed by atoms with Crippen molar-refractivity contribution in [1.29, 1.82) is 0 Å². The van der Waals surface area contributed by atoms with Gasteiger partial charge in [0, 0.05) is 6.04 Å². The van der Waals surface area contributed by atoms with Crippen molar-refractivity contribution in [3.05, 3.63) is 29.3 Å². The lowest BCUT2D eigenvalue weighted by atomic mass is 10.1. The molecule has 1 unspecified atom stereocenters. The van der Waals surface area contributed by atoms with Crippen LogP contribution >= 0.6 is 11.6 Å². The number of para-hydroxylation sites is 1. The fourth-order valence-electron chi connectivity index (χ4n) is 1.93. The Bertz CT molecular complexity index is 473. The highest BCUT2D eigenvalue weighted by Crippen LogP contribution is 2.24. The van der Waals surface area contributed by atoms with Crippen molar-refractivity contribution in [2.75, 3.05) is 16.8 Å². The standard InChI is InChI=1S/C11H14ClNO2S/c12-10-5-1-2-6-11(10)13-9-4-3-7-16(14,15)8-9/h1-2,5-6,9,13H,3-4,7-8H2. The number of hydrogen-bond acceptors (Lipinski definition) is 3.